The van der Waals surface area contributed by atoms with Crippen LogP contribution in [0.1, 0.15) is 62.0 Å². The van der Waals surface area contributed by atoms with Crippen LogP contribution < -0.4 is 10.6 Å². The minimum absolute atomic E-state index is 0.0779. The van der Waals surface area contributed by atoms with E-state index in [2.05, 4.69) is 60.2 Å². The lowest BCUT2D eigenvalue weighted by Gasteiger charge is -2.37. The molecular weight excluding hydrogens is 328 g/mol. The van der Waals surface area contributed by atoms with Crippen LogP contribution in [0.2, 0.25) is 0 Å². The van der Waals surface area contributed by atoms with Gasteiger partial charge >= 0.3 is 6.03 Å². The Labute approximate surface area is 154 Å². The second-order valence-corrected chi connectivity index (χ2v) is 7.81. The Hall–Kier alpha value is -1.81. The molecule has 25 heavy (non-hydrogen) atoms. The van der Waals surface area contributed by atoms with Crippen molar-refractivity contribution in [2.45, 2.75) is 64.3 Å². The lowest BCUT2D eigenvalue weighted by atomic mass is 9.80. The number of hydrogen-bond donors (Lipinski definition) is 2. The van der Waals surface area contributed by atoms with E-state index in [1.165, 1.54) is 35.3 Å². The maximum Gasteiger partial charge on any atom is 0.319 e. The fourth-order valence-electron chi connectivity index (χ4n) is 3.90. The Bertz CT molecular complexity index is 680. The van der Waals surface area contributed by atoms with Crippen molar-refractivity contribution < 1.29 is 4.79 Å². The molecule has 3 rings (SSSR count). The quantitative estimate of drug-likeness (QED) is 0.693. The molecule has 0 atom stereocenters. The molecule has 2 N–H and O–H groups in total. The van der Waals surface area contributed by atoms with Crippen molar-refractivity contribution in [3.05, 3.63) is 51.7 Å². The minimum Gasteiger partial charge on any atom is -0.328 e. The summed E-state index contributed by atoms with van der Waals surface area (Å²) in [5.74, 6) is 0. The van der Waals surface area contributed by atoms with Gasteiger partial charge in [0.25, 0.3) is 0 Å². The summed E-state index contributed by atoms with van der Waals surface area (Å²) in [5.41, 5.74) is 3.18. The molecule has 1 saturated carbocycles. The molecule has 1 aliphatic carbocycles. The fourth-order valence-corrected chi connectivity index (χ4v) is 4.85. The number of amides is 2. The van der Waals surface area contributed by atoms with Gasteiger partial charge in [0.2, 0.25) is 0 Å². The number of hydrogen-bond acceptors (Lipinski definition) is 2. The van der Waals surface area contributed by atoms with E-state index in [1.807, 2.05) is 0 Å². The minimum atomic E-state index is -0.204. The van der Waals surface area contributed by atoms with Crippen LogP contribution in [0.15, 0.2) is 35.7 Å². The van der Waals surface area contributed by atoms with Crippen LogP contribution in [0.3, 0.4) is 0 Å². The number of carbonyl (C=O) groups is 1. The van der Waals surface area contributed by atoms with Crippen molar-refractivity contribution in [1.82, 2.24) is 5.32 Å². The number of benzene rings is 1. The molecule has 4 heteroatoms. The van der Waals surface area contributed by atoms with Gasteiger partial charge in [-0.15, -0.1) is 11.3 Å². The van der Waals surface area contributed by atoms with Crippen molar-refractivity contribution in [2.24, 2.45) is 0 Å². The highest BCUT2D eigenvalue weighted by Gasteiger charge is 2.36. The predicted octanol–water partition coefficient (Wildman–Crippen LogP) is 5.85. The summed E-state index contributed by atoms with van der Waals surface area (Å²) in [6, 6.07) is 10.4. The molecule has 1 aromatic carbocycles. The maximum atomic E-state index is 12.9. The Morgan fingerprint density at radius 3 is 2.28 bits per heavy atom. The SMILES string of the molecule is CCc1cccc(CC)c1NC(=O)NC1(c2cccs2)CCCCC1. The zero-order chi connectivity index (χ0) is 17.7. The molecule has 2 amide bonds. The lowest BCUT2D eigenvalue weighted by molar-refractivity contribution is 0.214. The highest BCUT2D eigenvalue weighted by atomic mass is 32.1. The van der Waals surface area contributed by atoms with Gasteiger partial charge in [-0.2, -0.15) is 0 Å². The van der Waals surface area contributed by atoms with Crippen LogP contribution in [0.25, 0.3) is 0 Å². The summed E-state index contributed by atoms with van der Waals surface area (Å²) >= 11 is 1.75. The number of anilines is 1. The molecule has 0 spiro atoms. The second kappa shape index (κ2) is 8.05. The van der Waals surface area contributed by atoms with Gasteiger partial charge in [-0.05, 0) is 48.3 Å². The predicted molar refractivity (Wildman–Crippen MR) is 106 cm³/mol. The number of carbonyl (C=O) groups excluding carboxylic acids is 1. The molecule has 1 aromatic heterocycles. The van der Waals surface area contributed by atoms with Gasteiger partial charge in [-0.1, -0.05) is 57.4 Å². The van der Waals surface area contributed by atoms with Gasteiger partial charge in [0.05, 0.1) is 5.54 Å². The molecule has 3 nitrogen and oxygen atoms in total. The van der Waals surface area contributed by atoms with E-state index in [0.717, 1.165) is 31.4 Å². The largest absolute Gasteiger partial charge is 0.328 e. The summed E-state index contributed by atoms with van der Waals surface area (Å²) in [6.07, 6.45) is 7.48. The molecule has 1 fully saturated rings. The average molecular weight is 357 g/mol. The number of nitrogens with one attached hydrogen (secondary N) is 2. The number of para-hydroxylation sites is 1. The molecule has 2 aromatic rings. The van der Waals surface area contributed by atoms with E-state index in [4.69, 9.17) is 0 Å². The Kier molecular flexibility index (Phi) is 5.79. The highest BCUT2D eigenvalue weighted by Crippen LogP contribution is 2.39. The molecule has 134 valence electrons. The van der Waals surface area contributed by atoms with Gasteiger partial charge < -0.3 is 10.6 Å². The third-order valence-corrected chi connectivity index (χ3v) is 6.36. The Morgan fingerprint density at radius 2 is 1.72 bits per heavy atom. The third kappa shape index (κ3) is 3.90. The van der Waals surface area contributed by atoms with Gasteiger partial charge in [-0.25, -0.2) is 4.79 Å². The van der Waals surface area contributed by atoms with Crippen molar-refractivity contribution in [2.75, 3.05) is 5.32 Å². The second-order valence-electron chi connectivity index (χ2n) is 6.86. The summed E-state index contributed by atoms with van der Waals surface area (Å²) in [7, 11) is 0. The van der Waals surface area contributed by atoms with Gasteiger partial charge in [0.15, 0.2) is 0 Å². The zero-order valence-electron chi connectivity index (χ0n) is 15.2. The van der Waals surface area contributed by atoms with Crippen LogP contribution in [0.5, 0.6) is 0 Å². The standard InChI is InChI=1S/C21H28N2OS/c1-3-16-10-8-11-17(4-2)19(16)22-20(24)23-21(13-6-5-7-14-21)18-12-9-15-25-18/h8-12,15H,3-7,13-14H2,1-2H3,(H2,22,23,24). The topological polar surface area (TPSA) is 41.1 Å². The van der Waals surface area contributed by atoms with E-state index in [9.17, 15) is 4.79 Å². The maximum absolute atomic E-state index is 12.9. The molecule has 0 radical (unpaired) electrons. The van der Waals surface area contributed by atoms with Crippen LogP contribution in [-0.2, 0) is 18.4 Å². The van der Waals surface area contributed by atoms with E-state index >= 15 is 0 Å². The van der Waals surface area contributed by atoms with Gasteiger partial charge in [0, 0.05) is 10.6 Å². The monoisotopic (exact) mass is 356 g/mol. The molecule has 0 unspecified atom stereocenters. The normalized spacial score (nSPS) is 16.4. The zero-order valence-corrected chi connectivity index (χ0v) is 16.0. The first-order chi connectivity index (χ1) is 12.2. The molecule has 1 aliphatic rings. The van der Waals surface area contributed by atoms with Crippen molar-refractivity contribution in [1.29, 1.82) is 0 Å². The van der Waals surface area contributed by atoms with Crippen LogP contribution in [-0.4, -0.2) is 6.03 Å². The Balaban J connectivity index is 1.82. The fraction of sp³-hybridized carbons (Fsp3) is 0.476. The van der Waals surface area contributed by atoms with E-state index in [-0.39, 0.29) is 11.6 Å². The molecule has 1 heterocycles. The first-order valence-electron chi connectivity index (χ1n) is 9.42. The average Bonchev–Trinajstić information content (AvgIpc) is 3.18. The van der Waals surface area contributed by atoms with Crippen molar-refractivity contribution in [3.8, 4) is 0 Å². The molecular formula is C21H28N2OS. The van der Waals surface area contributed by atoms with Crippen LogP contribution >= 0.6 is 11.3 Å². The summed E-state index contributed by atoms with van der Waals surface area (Å²) in [4.78, 5) is 14.2. The van der Waals surface area contributed by atoms with Crippen molar-refractivity contribution >= 4 is 23.1 Å². The molecule has 0 saturated heterocycles. The highest BCUT2D eigenvalue weighted by molar-refractivity contribution is 7.10. The van der Waals surface area contributed by atoms with Crippen LogP contribution in [0.4, 0.5) is 10.5 Å². The molecule has 0 aliphatic heterocycles. The number of urea groups is 1. The number of aryl methyl sites for hydroxylation is 2. The van der Waals surface area contributed by atoms with Crippen molar-refractivity contribution in [3.63, 3.8) is 0 Å². The van der Waals surface area contributed by atoms with E-state index in [1.54, 1.807) is 11.3 Å². The number of thiophene rings is 1. The summed E-state index contributed by atoms with van der Waals surface area (Å²) in [5, 5.41) is 8.62. The summed E-state index contributed by atoms with van der Waals surface area (Å²) in [6.45, 7) is 4.26. The van der Waals surface area contributed by atoms with E-state index in [0.29, 0.717) is 0 Å². The van der Waals surface area contributed by atoms with E-state index < -0.39 is 0 Å². The van der Waals surface area contributed by atoms with Crippen LogP contribution in [0, 0.1) is 0 Å². The molecule has 0 bridgehead atoms. The summed E-state index contributed by atoms with van der Waals surface area (Å²) < 4.78 is 0. The lowest BCUT2D eigenvalue weighted by Crippen LogP contribution is -2.48. The smallest absolute Gasteiger partial charge is 0.319 e. The third-order valence-electron chi connectivity index (χ3n) is 5.29. The first-order valence-corrected chi connectivity index (χ1v) is 10.3. The van der Waals surface area contributed by atoms with Gasteiger partial charge in [0.1, 0.15) is 0 Å². The number of rotatable bonds is 5. The Morgan fingerprint density at radius 1 is 1.04 bits per heavy atom. The van der Waals surface area contributed by atoms with Gasteiger partial charge in [-0.3, -0.25) is 0 Å². The first kappa shape index (κ1) is 18.0.